The van der Waals surface area contributed by atoms with Crippen molar-refractivity contribution in [3.63, 3.8) is 0 Å². The number of halogens is 5. The van der Waals surface area contributed by atoms with Crippen LogP contribution in [0.15, 0.2) is 59.1 Å². The molecule has 0 amide bonds. The van der Waals surface area contributed by atoms with Crippen molar-refractivity contribution in [1.82, 2.24) is 9.97 Å². The van der Waals surface area contributed by atoms with Gasteiger partial charge in [-0.25, -0.2) is 14.4 Å². The number of rotatable bonds is 6. The first kappa shape index (κ1) is 22.2. The fourth-order valence-electron chi connectivity index (χ4n) is 2.36. The van der Waals surface area contributed by atoms with Gasteiger partial charge in [0, 0.05) is 18.0 Å². The number of anilines is 2. The van der Waals surface area contributed by atoms with E-state index in [4.69, 9.17) is 27.9 Å². The lowest BCUT2D eigenvalue weighted by atomic mass is 10.2. The summed E-state index contributed by atoms with van der Waals surface area (Å²) >= 11 is 5.92. The van der Waals surface area contributed by atoms with Crippen LogP contribution in [0.4, 0.5) is 29.2 Å². The number of nitrogens with zero attached hydrogens (tertiary/aromatic N) is 4. The molecule has 0 aliphatic carbocycles. The van der Waals surface area contributed by atoms with Crippen LogP contribution in [0.2, 0.25) is 5.02 Å². The Morgan fingerprint density at radius 2 is 1.84 bits per heavy atom. The van der Waals surface area contributed by atoms with Gasteiger partial charge in [0.1, 0.15) is 23.6 Å². The molecule has 0 saturated heterocycles. The topological polar surface area (TPSA) is 124 Å². The van der Waals surface area contributed by atoms with E-state index in [0.717, 1.165) is 18.2 Å². The van der Waals surface area contributed by atoms with Crippen molar-refractivity contribution in [2.24, 2.45) is 21.9 Å². The minimum Gasteiger partial charge on any atom is -0.452 e. The van der Waals surface area contributed by atoms with E-state index in [9.17, 15) is 17.6 Å². The maximum absolute atomic E-state index is 13.3. The van der Waals surface area contributed by atoms with Gasteiger partial charge in [-0.2, -0.15) is 13.2 Å². The molecule has 0 saturated carbocycles. The van der Waals surface area contributed by atoms with E-state index in [1.54, 1.807) is 6.07 Å². The lowest BCUT2D eigenvalue weighted by molar-refractivity contribution is -0.137. The molecule has 8 nitrogen and oxygen atoms in total. The largest absolute Gasteiger partial charge is 0.452 e. The van der Waals surface area contributed by atoms with Gasteiger partial charge in [0.05, 0.1) is 10.6 Å². The molecule has 0 fully saturated rings. The van der Waals surface area contributed by atoms with E-state index in [1.807, 2.05) is 0 Å². The third kappa shape index (κ3) is 5.55. The summed E-state index contributed by atoms with van der Waals surface area (Å²) in [6.45, 7) is 0. The average molecular weight is 456 g/mol. The minimum atomic E-state index is -4.66. The highest BCUT2D eigenvalue weighted by atomic mass is 35.5. The molecule has 162 valence electrons. The number of pyridine rings is 2. The fraction of sp³-hybridized carbons (Fsp3) is 0.111. The van der Waals surface area contributed by atoms with Gasteiger partial charge in [-0.1, -0.05) is 22.9 Å². The molecule has 0 bridgehead atoms. The predicted octanol–water partition coefficient (Wildman–Crippen LogP) is 5.11. The van der Waals surface area contributed by atoms with Gasteiger partial charge in [-0.3, -0.25) is 0 Å². The lowest BCUT2D eigenvalue weighted by Crippen LogP contribution is -2.09. The van der Waals surface area contributed by atoms with Crippen molar-refractivity contribution in [2.75, 3.05) is 5.32 Å². The third-order valence-electron chi connectivity index (χ3n) is 3.86. The molecule has 2 heterocycles. The first-order chi connectivity index (χ1) is 14.7. The number of hydrogen-bond donors (Lipinski definition) is 3. The summed E-state index contributed by atoms with van der Waals surface area (Å²) in [5.41, 5.74) is 5.17. The normalized spacial score (nSPS) is 12.7. The van der Waals surface area contributed by atoms with E-state index in [1.165, 1.54) is 18.3 Å². The Labute approximate surface area is 177 Å². The van der Waals surface area contributed by atoms with Crippen molar-refractivity contribution in [3.05, 3.63) is 70.8 Å². The van der Waals surface area contributed by atoms with Crippen LogP contribution in [0.5, 0.6) is 11.5 Å². The Morgan fingerprint density at radius 1 is 1.06 bits per heavy atom. The second-order valence-electron chi connectivity index (χ2n) is 6.02. The first-order valence-corrected chi connectivity index (χ1v) is 8.84. The second kappa shape index (κ2) is 9.10. The van der Waals surface area contributed by atoms with Crippen molar-refractivity contribution in [3.8, 4) is 11.5 Å². The van der Waals surface area contributed by atoms with Crippen molar-refractivity contribution >= 4 is 23.2 Å². The predicted molar refractivity (Wildman–Crippen MR) is 104 cm³/mol. The number of alkyl halides is 3. The van der Waals surface area contributed by atoms with Gasteiger partial charge in [0.15, 0.2) is 11.6 Å². The van der Waals surface area contributed by atoms with Crippen LogP contribution in [-0.4, -0.2) is 9.97 Å². The van der Waals surface area contributed by atoms with Gasteiger partial charge in [-0.05, 0) is 30.3 Å². The molecule has 3 rings (SSSR count). The number of nitrogens with one attached hydrogen (secondary N) is 1. The molecular weight excluding hydrogens is 442 g/mol. The van der Waals surface area contributed by atoms with E-state index >= 15 is 0 Å². The molecular formula is C18H14ClF4N7O. The number of ether oxygens (including phenoxy) is 1. The Morgan fingerprint density at radius 3 is 2.45 bits per heavy atom. The SMILES string of the molecule is NN=NC(N)c1ccc(Nc2ncc(C(F)(F)F)cc2Oc2ccc(F)cc2Cl)nc1. The number of aromatic nitrogens is 2. The Balaban J connectivity index is 1.93. The zero-order chi connectivity index (χ0) is 22.6. The highest BCUT2D eigenvalue weighted by Crippen LogP contribution is 2.38. The van der Waals surface area contributed by atoms with Gasteiger partial charge < -0.3 is 21.6 Å². The third-order valence-corrected chi connectivity index (χ3v) is 4.15. The Bertz CT molecular complexity index is 1090. The van der Waals surface area contributed by atoms with Crippen LogP contribution < -0.4 is 21.6 Å². The standard InChI is InChI=1S/C18H14ClF4N7O/c19-12-6-11(20)2-3-13(12)31-14-5-10(18(21,22)23)8-27-17(14)28-15-4-1-9(7-26-15)16(24)29-30-25/h1-8,16H,24H2,(H2,25,29)(H,26,27,28). The summed E-state index contributed by atoms with van der Waals surface area (Å²) in [6.07, 6.45) is -3.48. The molecule has 1 unspecified atom stereocenters. The summed E-state index contributed by atoms with van der Waals surface area (Å²) in [7, 11) is 0. The number of benzene rings is 1. The van der Waals surface area contributed by atoms with Crippen LogP contribution >= 0.6 is 11.6 Å². The van der Waals surface area contributed by atoms with Crippen LogP contribution in [0, 0.1) is 5.82 Å². The smallest absolute Gasteiger partial charge is 0.418 e. The van der Waals surface area contributed by atoms with Crippen molar-refractivity contribution in [2.45, 2.75) is 12.3 Å². The van der Waals surface area contributed by atoms with Crippen LogP contribution in [-0.2, 0) is 6.18 Å². The highest BCUT2D eigenvalue weighted by Gasteiger charge is 2.32. The molecule has 0 radical (unpaired) electrons. The Hall–Kier alpha value is -3.51. The van der Waals surface area contributed by atoms with Crippen molar-refractivity contribution in [1.29, 1.82) is 0 Å². The molecule has 1 aromatic carbocycles. The zero-order valence-corrected chi connectivity index (χ0v) is 16.2. The summed E-state index contributed by atoms with van der Waals surface area (Å²) < 4.78 is 58.2. The van der Waals surface area contributed by atoms with Gasteiger partial charge in [-0.15, -0.1) is 5.11 Å². The minimum absolute atomic E-state index is 0.0614. The Kier molecular flexibility index (Phi) is 6.51. The molecule has 0 spiro atoms. The van der Waals surface area contributed by atoms with Crippen LogP contribution in [0.3, 0.4) is 0 Å². The lowest BCUT2D eigenvalue weighted by Gasteiger charge is -2.15. The quantitative estimate of drug-likeness (QED) is 0.205. The monoisotopic (exact) mass is 455 g/mol. The molecule has 0 aliphatic heterocycles. The molecule has 31 heavy (non-hydrogen) atoms. The number of nitrogens with two attached hydrogens (primary N) is 2. The van der Waals surface area contributed by atoms with E-state index in [0.29, 0.717) is 11.8 Å². The summed E-state index contributed by atoms with van der Waals surface area (Å²) in [6, 6.07) is 7.00. The van der Waals surface area contributed by atoms with E-state index in [-0.39, 0.29) is 28.2 Å². The number of hydrogen-bond acceptors (Lipinski definition) is 7. The second-order valence-corrected chi connectivity index (χ2v) is 6.43. The van der Waals surface area contributed by atoms with E-state index < -0.39 is 23.7 Å². The van der Waals surface area contributed by atoms with E-state index in [2.05, 4.69) is 25.6 Å². The summed E-state index contributed by atoms with van der Waals surface area (Å²) in [5, 5.41) is 9.28. The molecule has 0 aliphatic rings. The van der Waals surface area contributed by atoms with Gasteiger partial charge >= 0.3 is 6.18 Å². The van der Waals surface area contributed by atoms with Crippen LogP contribution in [0.25, 0.3) is 0 Å². The molecule has 3 aromatic rings. The summed E-state index contributed by atoms with van der Waals surface area (Å²) in [5.74, 6) is 4.10. The van der Waals surface area contributed by atoms with Gasteiger partial charge in [0.25, 0.3) is 0 Å². The summed E-state index contributed by atoms with van der Waals surface area (Å²) in [4.78, 5) is 7.88. The molecule has 1 atom stereocenters. The highest BCUT2D eigenvalue weighted by molar-refractivity contribution is 6.32. The fourth-order valence-corrected chi connectivity index (χ4v) is 2.57. The average Bonchev–Trinajstić information content (AvgIpc) is 2.71. The van der Waals surface area contributed by atoms with Gasteiger partial charge in [0.2, 0.25) is 0 Å². The van der Waals surface area contributed by atoms with Crippen molar-refractivity contribution < 1.29 is 22.3 Å². The molecule has 2 aromatic heterocycles. The maximum atomic E-state index is 13.3. The molecule has 13 heteroatoms. The zero-order valence-electron chi connectivity index (χ0n) is 15.4. The first-order valence-electron chi connectivity index (χ1n) is 8.46. The molecule has 5 N–H and O–H groups in total. The maximum Gasteiger partial charge on any atom is 0.418 e. The van der Waals surface area contributed by atoms with Crippen LogP contribution in [0.1, 0.15) is 17.3 Å².